The van der Waals surface area contributed by atoms with Crippen LogP contribution in [0.25, 0.3) is 0 Å². The van der Waals surface area contributed by atoms with Gasteiger partial charge < -0.3 is 15.0 Å². The Hall–Kier alpha value is -1.69. The number of nitrogens with one attached hydrogen (secondary N) is 1. The quantitative estimate of drug-likeness (QED) is 0.780. The molecule has 1 aromatic carbocycles. The van der Waals surface area contributed by atoms with Crippen LogP contribution in [-0.4, -0.2) is 49.7 Å². The minimum atomic E-state index is -0.215. The van der Waals surface area contributed by atoms with Crippen molar-refractivity contribution in [3.8, 4) is 5.75 Å². The van der Waals surface area contributed by atoms with Gasteiger partial charge in [-0.1, -0.05) is 0 Å². The first kappa shape index (κ1) is 17.4. The van der Waals surface area contributed by atoms with E-state index in [0.717, 1.165) is 10.6 Å². The lowest BCUT2D eigenvalue weighted by Gasteiger charge is -2.13. The Labute approximate surface area is 130 Å². The van der Waals surface area contributed by atoms with E-state index in [0.29, 0.717) is 13.0 Å². The maximum absolute atomic E-state index is 11.9. The van der Waals surface area contributed by atoms with Crippen LogP contribution in [0.5, 0.6) is 5.75 Å². The Balaban J connectivity index is 2.38. The van der Waals surface area contributed by atoms with Gasteiger partial charge >= 0.3 is 0 Å². The molecule has 5 nitrogen and oxygen atoms in total. The molecule has 1 atom stereocenters. The number of benzene rings is 1. The molecule has 0 aliphatic heterocycles. The molecule has 0 saturated heterocycles. The van der Waals surface area contributed by atoms with Gasteiger partial charge in [0.15, 0.2) is 0 Å². The number of methoxy groups -OCH3 is 1. The van der Waals surface area contributed by atoms with Crippen molar-refractivity contribution < 1.29 is 14.3 Å². The normalized spacial score (nSPS) is 11.6. The van der Waals surface area contributed by atoms with Gasteiger partial charge in [-0.2, -0.15) is 0 Å². The summed E-state index contributed by atoms with van der Waals surface area (Å²) in [6, 6.07) is 7.57. The number of ether oxygens (including phenoxy) is 1. The van der Waals surface area contributed by atoms with Gasteiger partial charge in [0.05, 0.1) is 12.4 Å². The zero-order valence-corrected chi connectivity index (χ0v) is 13.7. The van der Waals surface area contributed by atoms with Crippen LogP contribution in [0.4, 0.5) is 0 Å². The number of carbonyl (C=O) groups excluding carboxylic acids is 2. The minimum Gasteiger partial charge on any atom is -0.497 e. The van der Waals surface area contributed by atoms with Crippen LogP contribution in [0.2, 0.25) is 0 Å². The topological polar surface area (TPSA) is 58.6 Å². The van der Waals surface area contributed by atoms with E-state index in [1.165, 1.54) is 16.7 Å². The Bertz CT molecular complexity index is 474. The second-order valence-electron chi connectivity index (χ2n) is 4.76. The molecule has 0 aromatic heterocycles. The maximum Gasteiger partial charge on any atom is 0.233 e. The standard InChI is InChI=1S/C15H22N2O3S/c1-11(15(19)16-10-9-14(18)17(2)3)21-13-7-5-12(20-4)6-8-13/h5-8,11H,9-10H2,1-4H3,(H,16,19). The number of thioether (sulfide) groups is 1. The molecule has 0 bridgehead atoms. The number of hydrogen-bond acceptors (Lipinski definition) is 4. The molecule has 0 fully saturated rings. The summed E-state index contributed by atoms with van der Waals surface area (Å²) in [6.07, 6.45) is 0.318. The highest BCUT2D eigenvalue weighted by atomic mass is 32.2. The molecule has 21 heavy (non-hydrogen) atoms. The maximum atomic E-state index is 11.9. The van der Waals surface area contributed by atoms with Crippen LogP contribution in [0.3, 0.4) is 0 Å². The molecule has 0 saturated carbocycles. The lowest BCUT2D eigenvalue weighted by atomic mass is 10.3. The van der Waals surface area contributed by atoms with Gasteiger partial charge in [-0.15, -0.1) is 11.8 Å². The number of hydrogen-bond donors (Lipinski definition) is 1. The Morgan fingerprint density at radius 1 is 1.29 bits per heavy atom. The third kappa shape index (κ3) is 6.08. The molecule has 116 valence electrons. The van der Waals surface area contributed by atoms with Crippen LogP contribution >= 0.6 is 11.8 Å². The molecular formula is C15H22N2O3S. The average molecular weight is 310 g/mol. The van der Waals surface area contributed by atoms with Crippen molar-refractivity contribution in [1.29, 1.82) is 0 Å². The van der Waals surface area contributed by atoms with Crippen molar-refractivity contribution in [2.24, 2.45) is 0 Å². The van der Waals surface area contributed by atoms with Crippen LogP contribution < -0.4 is 10.1 Å². The molecule has 0 spiro atoms. The van der Waals surface area contributed by atoms with E-state index in [1.54, 1.807) is 21.2 Å². The lowest BCUT2D eigenvalue weighted by Crippen LogP contribution is -2.34. The van der Waals surface area contributed by atoms with Gasteiger partial charge in [-0.3, -0.25) is 9.59 Å². The average Bonchev–Trinajstić information content (AvgIpc) is 2.47. The molecule has 0 aliphatic rings. The second kappa shape index (κ2) is 8.56. The first-order valence-electron chi connectivity index (χ1n) is 6.72. The summed E-state index contributed by atoms with van der Waals surface area (Å²) in [5.41, 5.74) is 0. The molecule has 1 aromatic rings. The summed E-state index contributed by atoms with van der Waals surface area (Å²) in [5.74, 6) is 0.729. The van der Waals surface area contributed by atoms with Crippen molar-refractivity contribution >= 4 is 23.6 Å². The predicted octanol–water partition coefficient (Wildman–Crippen LogP) is 1.77. The van der Waals surface area contributed by atoms with Crippen LogP contribution in [0.15, 0.2) is 29.2 Å². The smallest absolute Gasteiger partial charge is 0.233 e. The molecule has 0 aliphatic carbocycles. The Morgan fingerprint density at radius 2 is 1.90 bits per heavy atom. The third-order valence-corrected chi connectivity index (χ3v) is 3.99. The molecule has 1 rings (SSSR count). The fourth-order valence-corrected chi connectivity index (χ4v) is 2.46. The van der Waals surface area contributed by atoms with E-state index in [2.05, 4.69) is 5.32 Å². The SMILES string of the molecule is COc1ccc(SC(C)C(=O)NCCC(=O)N(C)C)cc1. The summed E-state index contributed by atoms with van der Waals surface area (Å²) in [6.45, 7) is 2.21. The van der Waals surface area contributed by atoms with Crippen molar-refractivity contribution in [2.45, 2.75) is 23.5 Å². The number of amides is 2. The first-order valence-corrected chi connectivity index (χ1v) is 7.60. The zero-order valence-electron chi connectivity index (χ0n) is 12.9. The van der Waals surface area contributed by atoms with Crippen molar-refractivity contribution in [3.05, 3.63) is 24.3 Å². The van der Waals surface area contributed by atoms with Crippen molar-refractivity contribution in [1.82, 2.24) is 10.2 Å². The highest BCUT2D eigenvalue weighted by Gasteiger charge is 2.14. The Kier molecular flexibility index (Phi) is 7.08. The van der Waals surface area contributed by atoms with Gasteiger partial charge in [-0.05, 0) is 31.2 Å². The van der Waals surface area contributed by atoms with Crippen LogP contribution in [-0.2, 0) is 9.59 Å². The highest BCUT2D eigenvalue weighted by molar-refractivity contribution is 8.00. The van der Waals surface area contributed by atoms with E-state index in [9.17, 15) is 9.59 Å². The number of nitrogens with zero attached hydrogens (tertiary/aromatic N) is 1. The van der Waals surface area contributed by atoms with E-state index < -0.39 is 0 Å². The lowest BCUT2D eigenvalue weighted by molar-refractivity contribution is -0.128. The van der Waals surface area contributed by atoms with Gasteiger partial charge in [0.25, 0.3) is 0 Å². The molecule has 6 heteroatoms. The van der Waals surface area contributed by atoms with Crippen LogP contribution in [0.1, 0.15) is 13.3 Å². The Morgan fingerprint density at radius 3 is 2.43 bits per heavy atom. The molecular weight excluding hydrogens is 288 g/mol. The minimum absolute atomic E-state index is 0.00533. The first-order chi connectivity index (χ1) is 9.93. The van der Waals surface area contributed by atoms with Gasteiger partial charge in [0, 0.05) is 32.0 Å². The van der Waals surface area contributed by atoms with Gasteiger partial charge in [0.1, 0.15) is 5.75 Å². The zero-order chi connectivity index (χ0) is 15.8. The fraction of sp³-hybridized carbons (Fsp3) is 0.467. The van der Waals surface area contributed by atoms with Gasteiger partial charge in [-0.25, -0.2) is 0 Å². The molecule has 0 radical (unpaired) electrons. The predicted molar refractivity (Wildman–Crippen MR) is 84.6 cm³/mol. The van der Waals surface area contributed by atoms with E-state index in [1.807, 2.05) is 31.2 Å². The second-order valence-corrected chi connectivity index (χ2v) is 6.18. The molecule has 1 unspecified atom stereocenters. The monoisotopic (exact) mass is 310 g/mol. The third-order valence-electron chi connectivity index (χ3n) is 2.88. The number of rotatable bonds is 7. The molecule has 2 amide bonds. The summed E-state index contributed by atoms with van der Waals surface area (Å²) < 4.78 is 5.09. The summed E-state index contributed by atoms with van der Waals surface area (Å²) in [7, 11) is 5.02. The highest BCUT2D eigenvalue weighted by Crippen LogP contribution is 2.25. The largest absolute Gasteiger partial charge is 0.497 e. The fourth-order valence-electron chi connectivity index (χ4n) is 1.57. The van der Waals surface area contributed by atoms with Crippen molar-refractivity contribution in [2.75, 3.05) is 27.7 Å². The van der Waals surface area contributed by atoms with Gasteiger partial charge in [0.2, 0.25) is 11.8 Å². The summed E-state index contributed by atoms with van der Waals surface area (Å²) in [5, 5.41) is 2.56. The summed E-state index contributed by atoms with van der Waals surface area (Å²) >= 11 is 1.47. The molecule has 0 heterocycles. The van der Waals surface area contributed by atoms with E-state index >= 15 is 0 Å². The van der Waals surface area contributed by atoms with E-state index in [-0.39, 0.29) is 17.1 Å². The van der Waals surface area contributed by atoms with Crippen molar-refractivity contribution in [3.63, 3.8) is 0 Å². The van der Waals surface area contributed by atoms with E-state index in [4.69, 9.17) is 4.74 Å². The summed E-state index contributed by atoms with van der Waals surface area (Å²) in [4.78, 5) is 25.9. The molecule has 1 N–H and O–H groups in total. The number of carbonyl (C=O) groups is 2. The van der Waals surface area contributed by atoms with Crippen LogP contribution in [0, 0.1) is 0 Å².